The summed E-state index contributed by atoms with van der Waals surface area (Å²) >= 11 is 0. The highest BCUT2D eigenvalue weighted by Gasteiger charge is 2.29. The van der Waals surface area contributed by atoms with Gasteiger partial charge in [0, 0.05) is 18.9 Å². The van der Waals surface area contributed by atoms with Crippen LogP contribution in [0.2, 0.25) is 0 Å². The maximum atomic E-state index is 4.85. The van der Waals surface area contributed by atoms with E-state index < -0.39 is 0 Å². The predicted molar refractivity (Wildman–Crippen MR) is 95.7 cm³/mol. The number of aryl methyl sites for hydroxylation is 2. The lowest BCUT2D eigenvalue weighted by Crippen LogP contribution is -2.25. The third-order valence-corrected chi connectivity index (χ3v) is 4.95. The van der Waals surface area contributed by atoms with Crippen molar-refractivity contribution in [3.63, 3.8) is 0 Å². The van der Waals surface area contributed by atoms with Crippen LogP contribution in [-0.4, -0.2) is 31.0 Å². The van der Waals surface area contributed by atoms with Crippen molar-refractivity contribution in [1.82, 2.24) is 24.4 Å². The number of aromatic nitrogens is 4. The van der Waals surface area contributed by atoms with Crippen LogP contribution in [0.4, 0.5) is 0 Å². The summed E-state index contributed by atoms with van der Waals surface area (Å²) in [4.78, 5) is 15.5. The van der Waals surface area contributed by atoms with E-state index in [1.807, 2.05) is 6.20 Å². The molecular formula is C19H25N5. The second-order valence-corrected chi connectivity index (χ2v) is 6.81. The fourth-order valence-corrected chi connectivity index (χ4v) is 3.74. The van der Waals surface area contributed by atoms with Crippen molar-refractivity contribution in [1.29, 1.82) is 0 Å². The molecule has 1 aliphatic heterocycles. The van der Waals surface area contributed by atoms with Gasteiger partial charge in [-0.05, 0) is 50.4 Å². The van der Waals surface area contributed by atoms with Crippen LogP contribution in [0.15, 0.2) is 30.6 Å². The fourth-order valence-electron chi connectivity index (χ4n) is 3.74. The highest BCUT2D eigenvalue weighted by molar-refractivity contribution is 5.75. The van der Waals surface area contributed by atoms with Crippen molar-refractivity contribution in [2.75, 3.05) is 6.54 Å². The van der Waals surface area contributed by atoms with Crippen LogP contribution in [0.1, 0.15) is 49.4 Å². The molecule has 0 amide bonds. The van der Waals surface area contributed by atoms with Gasteiger partial charge < -0.3 is 9.55 Å². The molecule has 3 aromatic rings. The van der Waals surface area contributed by atoms with Gasteiger partial charge in [-0.25, -0.2) is 9.97 Å². The SMILES string of the molecule is CCCn1ccnc1CN1CCC[C@H]1c1nc2ccc(C)cc2[nH]1. The number of rotatable bonds is 5. The number of hydrogen-bond acceptors (Lipinski definition) is 3. The zero-order valence-electron chi connectivity index (χ0n) is 14.5. The Labute approximate surface area is 142 Å². The van der Waals surface area contributed by atoms with E-state index in [2.05, 4.69) is 57.7 Å². The van der Waals surface area contributed by atoms with E-state index in [1.165, 1.54) is 12.0 Å². The van der Waals surface area contributed by atoms with Crippen molar-refractivity contribution in [3.8, 4) is 0 Å². The largest absolute Gasteiger partial charge is 0.341 e. The van der Waals surface area contributed by atoms with Gasteiger partial charge in [-0.15, -0.1) is 0 Å². The summed E-state index contributed by atoms with van der Waals surface area (Å²) in [6.07, 6.45) is 7.52. The van der Waals surface area contributed by atoms with E-state index >= 15 is 0 Å². The van der Waals surface area contributed by atoms with Gasteiger partial charge in [0.1, 0.15) is 11.6 Å². The minimum absolute atomic E-state index is 0.365. The van der Waals surface area contributed by atoms with Gasteiger partial charge in [0.2, 0.25) is 0 Å². The summed E-state index contributed by atoms with van der Waals surface area (Å²) in [5, 5.41) is 0. The number of nitrogens with zero attached hydrogens (tertiary/aromatic N) is 4. The number of likely N-dealkylation sites (tertiary alicyclic amines) is 1. The van der Waals surface area contributed by atoms with Crippen molar-refractivity contribution < 1.29 is 0 Å². The van der Waals surface area contributed by atoms with Gasteiger partial charge in [0.15, 0.2) is 0 Å². The number of nitrogens with one attached hydrogen (secondary N) is 1. The molecule has 4 rings (SSSR count). The molecule has 0 aliphatic carbocycles. The Bertz CT molecular complexity index is 831. The molecule has 1 aromatic carbocycles. The molecule has 1 atom stereocenters. The smallest absolute Gasteiger partial charge is 0.124 e. The quantitative estimate of drug-likeness (QED) is 0.776. The molecule has 0 saturated carbocycles. The first-order valence-corrected chi connectivity index (χ1v) is 8.95. The Balaban J connectivity index is 1.58. The molecule has 0 spiro atoms. The molecule has 1 aliphatic rings. The topological polar surface area (TPSA) is 49.7 Å². The molecule has 5 heteroatoms. The second-order valence-electron chi connectivity index (χ2n) is 6.81. The lowest BCUT2D eigenvalue weighted by Gasteiger charge is -2.22. The Morgan fingerprint density at radius 2 is 2.25 bits per heavy atom. The Hall–Kier alpha value is -2.14. The van der Waals surface area contributed by atoms with Crippen molar-refractivity contribution in [2.45, 2.75) is 52.2 Å². The first-order valence-electron chi connectivity index (χ1n) is 8.95. The molecule has 24 heavy (non-hydrogen) atoms. The van der Waals surface area contributed by atoms with Gasteiger partial charge >= 0.3 is 0 Å². The number of imidazole rings is 2. The van der Waals surface area contributed by atoms with Crippen LogP contribution in [0.25, 0.3) is 11.0 Å². The summed E-state index contributed by atoms with van der Waals surface area (Å²) in [5.41, 5.74) is 3.47. The summed E-state index contributed by atoms with van der Waals surface area (Å²) < 4.78 is 2.28. The number of fused-ring (bicyclic) bond motifs is 1. The molecule has 0 radical (unpaired) electrons. The monoisotopic (exact) mass is 323 g/mol. The molecule has 3 heterocycles. The maximum Gasteiger partial charge on any atom is 0.124 e. The van der Waals surface area contributed by atoms with E-state index in [9.17, 15) is 0 Å². The van der Waals surface area contributed by atoms with Gasteiger partial charge in [0.25, 0.3) is 0 Å². The average molecular weight is 323 g/mol. The highest BCUT2D eigenvalue weighted by atomic mass is 15.2. The lowest BCUT2D eigenvalue weighted by atomic mass is 10.2. The first kappa shape index (κ1) is 15.4. The third-order valence-electron chi connectivity index (χ3n) is 4.95. The summed E-state index contributed by atoms with van der Waals surface area (Å²) in [5.74, 6) is 2.26. The minimum atomic E-state index is 0.365. The maximum absolute atomic E-state index is 4.85. The van der Waals surface area contributed by atoms with Crippen molar-refractivity contribution in [2.24, 2.45) is 0 Å². The van der Waals surface area contributed by atoms with Gasteiger partial charge in [-0.3, -0.25) is 4.90 Å². The van der Waals surface area contributed by atoms with Crippen LogP contribution in [-0.2, 0) is 13.1 Å². The Morgan fingerprint density at radius 1 is 1.33 bits per heavy atom. The molecule has 126 valence electrons. The van der Waals surface area contributed by atoms with Crippen LogP contribution in [0, 0.1) is 6.92 Å². The van der Waals surface area contributed by atoms with Crippen LogP contribution in [0.5, 0.6) is 0 Å². The molecule has 0 unspecified atom stereocenters. The van der Waals surface area contributed by atoms with Gasteiger partial charge in [0.05, 0.1) is 23.6 Å². The van der Waals surface area contributed by atoms with Gasteiger partial charge in [-0.2, -0.15) is 0 Å². The summed E-state index contributed by atoms with van der Waals surface area (Å²) in [6, 6.07) is 6.78. The molecular weight excluding hydrogens is 298 g/mol. The summed E-state index contributed by atoms with van der Waals surface area (Å²) in [7, 11) is 0. The standard InChI is InChI=1S/C19H25N5/c1-3-9-23-11-8-20-18(23)13-24-10-4-5-17(24)19-21-15-7-6-14(2)12-16(15)22-19/h6-8,11-12,17H,3-5,9-10,13H2,1-2H3,(H,21,22)/t17-/m0/s1. The lowest BCUT2D eigenvalue weighted by molar-refractivity contribution is 0.231. The average Bonchev–Trinajstić information content (AvgIpc) is 3.27. The number of hydrogen-bond donors (Lipinski definition) is 1. The third kappa shape index (κ3) is 2.84. The van der Waals surface area contributed by atoms with Crippen molar-refractivity contribution in [3.05, 3.63) is 47.8 Å². The number of H-pyrrole nitrogens is 1. The van der Waals surface area contributed by atoms with E-state index in [-0.39, 0.29) is 0 Å². The zero-order valence-corrected chi connectivity index (χ0v) is 14.5. The molecule has 5 nitrogen and oxygen atoms in total. The van der Waals surface area contributed by atoms with Crippen LogP contribution >= 0.6 is 0 Å². The molecule has 2 aromatic heterocycles. The number of benzene rings is 1. The minimum Gasteiger partial charge on any atom is -0.341 e. The molecule has 1 saturated heterocycles. The molecule has 1 N–H and O–H groups in total. The summed E-state index contributed by atoms with van der Waals surface area (Å²) in [6.45, 7) is 7.37. The van der Waals surface area contributed by atoms with E-state index in [0.717, 1.165) is 55.2 Å². The molecule has 0 bridgehead atoms. The van der Waals surface area contributed by atoms with Crippen LogP contribution in [0.3, 0.4) is 0 Å². The van der Waals surface area contributed by atoms with Crippen molar-refractivity contribution >= 4 is 11.0 Å². The Morgan fingerprint density at radius 3 is 3.12 bits per heavy atom. The van der Waals surface area contributed by atoms with Crippen LogP contribution < -0.4 is 0 Å². The van der Waals surface area contributed by atoms with E-state index in [4.69, 9.17) is 4.98 Å². The zero-order chi connectivity index (χ0) is 16.5. The van der Waals surface area contributed by atoms with Gasteiger partial charge in [-0.1, -0.05) is 13.0 Å². The van der Waals surface area contributed by atoms with E-state index in [1.54, 1.807) is 0 Å². The van der Waals surface area contributed by atoms with E-state index in [0.29, 0.717) is 6.04 Å². The first-order chi connectivity index (χ1) is 11.7. The highest BCUT2D eigenvalue weighted by Crippen LogP contribution is 2.32. The molecule has 1 fully saturated rings. The normalized spacial score (nSPS) is 18.7. The fraction of sp³-hybridized carbons (Fsp3) is 0.474. The predicted octanol–water partition coefficient (Wildman–Crippen LogP) is 3.81. The second kappa shape index (κ2) is 6.40. The number of aromatic amines is 1. The Kier molecular flexibility index (Phi) is 4.10.